The molecule has 0 bridgehead atoms. The second-order valence-corrected chi connectivity index (χ2v) is 4.74. The molecule has 5 heteroatoms. The Morgan fingerprint density at radius 3 is 2.47 bits per heavy atom. The van der Waals surface area contributed by atoms with Crippen LogP contribution in [0.5, 0.6) is 0 Å². The molecule has 2 N–H and O–H groups in total. The standard InChI is InChI=1S/C14H20N4O/c1-3-14(4-2,10-15)13-17-12(18-19-13)9-11-5-7-16-8-6-11/h5-8H,3-4,9-10,15H2,1-2H3. The zero-order valence-corrected chi connectivity index (χ0v) is 11.5. The molecule has 0 saturated carbocycles. The van der Waals surface area contributed by atoms with Crippen molar-refractivity contribution in [3.8, 4) is 0 Å². The molecule has 0 aliphatic carbocycles. The Bertz CT molecular complexity index is 497. The van der Waals surface area contributed by atoms with Gasteiger partial charge in [0, 0.05) is 25.4 Å². The van der Waals surface area contributed by atoms with Gasteiger partial charge in [0.1, 0.15) is 0 Å². The Balaban J connectivity index is 2.19. The van der Waals surface area contributed by atoms with Crippen LogP contribution in [0.25, 0.3) is 0 Å². The summed E-state index contributed by atoms with van der Waals surface area (Å²) in [5, 5.41) is 4.06. The molecule has 0 saturated heterocycles. The van der Waals surface area contributed by atoms with Crippen molar-refractivity contribution in [3.63, 3.8) is 0 Å². The van der Waals surface area contributed by atoms with Gasteiger partial charge >= 0.3 is 0 Å². The van der Waals surface area contributed by atoms with Gasteiger partial charge in [-0.25, -0.2) is 0 Å². The lowest BCUT2D eigenvalue weighted by Gasteiger charge is -2.24. The van der Waals surface area contributed by atoms with E-state index in [-0.39, 0.29) is 5.41 Å². The summed E-state index contributed by atoms with van der Waals surface area (Å²) in [6, 6.07) is 3.90. The lowest BCUT2D eigenvalue weighted by Crippen LogP contribution is -2.34. The van der Waals surface area contributed by atoms with Crippen molar-refractivity contribution in [3.05, 3.63) is 41.8 Å². The Kier molecular flexibility index (Phi) is 4.27. The van der Waals surface area contributed by atoms with E-state index >= 15 is 0 Å². The molecule has 2 heterocycles. The molecule has 0 aromatic carbocycles. The first kappa shape index (κ1) is 13.7. The maximum Gasteiger partial charge on any atom is 0.234 e. The van der Waals surface area contributed by atoms with Crippen LogP contribution in [0.4, 0.5) is 0 Å². The molecule has 0 aliphatic rings. The second kappa shape index (κ2) is 5.93. The summed E-state index contributed by atoms with van der Waals surface area (Å²) in [5.74, 6) is 1.35. The number of hydrogen-bond acceptors (Lipinski definition) is 5. The topological polar surface area (TPSA) is 77.8 Å². The van der Waals surface area contributed by atoms with Gasteiger partial charge in [-0.3, -0.25) is 4.98 Å². The van der Waals surface area contributed by atoms with Crippen molar-refractivity contribution < 1.29 is 4.52 Å². The molecule has 0 amide bonds. The van der Waals surface area contributed by atoms with Gasteiger partial charge in [0.2, 0.25) is 5.89 Å². The van der Waals surface area contributed by atoms with Crippen LogP contribution in [0.3, 0.4) is 0 Å². The van der Waals surface area contributed by atoms with Crippen LogP contribution >= 0.6 is 0 Å². The van der Waals surface area contributed by atoms with Crippen molar-refractivity contribution in [2.45, 2.75) is 38.5 Å². The Morgan fingerprint density at radius 1 is 1.21 bits per heavy atom. The average molecular weight is 260 g/mol. The molecule has 0 fully saturated rings. The van der Waals surface area contributed by atoms with Gasteiger partial charge < -0.3 is 10.3 Å². The molecule has 2 aromatic heterocycles. The molecule has 5 nitrogen and oxygen atoms in total. The molecule has 2 rings (SSSR count). The molecule has 0 radical (unpaired) electrons. The summed E-state index contributed by atoms with van der Waals surface area (Å²) in [4.78, 5) is 8.50. The number of pyridine rings is 1. The van der Waals surface area contributed by atoms with Gasteiger partial charge in [0.15, 0.2) is 5.82 Å². The van der Waals surface area contributed by atoms with E-state index in [1.54, 1.807) is 12.4 Å². The molecule has 0 aliphatic heterocycles. The molecule has 0 spiro atoms. The summed E-state index contributed by atoms with van der Waals surface area (Å²) in [7, 11) is 0. The highest BCUT2D eigenvalue weighted by Crippen LogP contribution is 2.29. The van der Waals surface area contributed by atoms with E-state index < -0.39 is 0 Å². The number of hydrogen-bond donors (Lipinski definition) is 1. The highest BCUT2D eigenvalue weighted by Gasteiger charge is 2.33. The van der Waals surface area contributed by atoms with Crippen LogP contribution in [-0.4, -0.2) is 21.7 Å². The number of nitrogens with zero attached hydrogens (tertiary/aromatic N) is 3. The third kappa shape index (κ3) is 2.81. The van der Waals surface area contributed by atoms with E-state index in [4.69, 9.17) is 10.3 Å². The quantitative estimate of drug-likeness (QED) is 0.860. The van der Waals surface area contributed by atoms with Crippen molar-refractivity contribution in [2.24, 2.45) is 5.73 Å². The summed E-state index contributed by atoms with van der Waals surface area (Å²) in [5.41, 5.74) is 6.81. The fourth-order valence-corrected chi connectivity index (χ4v) is 2.15. The van der Waals surface area contributed by atoms with E-state index in [0.717, 1.165) is 18.4 Å². The number of aromatic nitrogens is 3. The zero-order valence-electron chi connectivity index (χ0n) is 11.5. The van der Waals surface area contributed by atoms with E-state index in [1.807, 2.05) is 12.1 Å². The zero-order chi connectivity index (χ0) is 13.7. The fraction of sp³-hybridized carbons (Fsp3) is 0.500. The Labute approximate surface area is 113 Å². The van der Waals surface area contributed by atoms with E-state index in [0.29, 0.717) is 24.7 Å². The van der Waals surface area contributed by atoms with Crippen molar-refractivity contribution in [1.29, 1.82) is 0 Å². The average Bonchev–Trinajstić information content (AvgIpc) is 2.92. The van der Waals surface area contributed by atoms with Crippen LogP contribution in [0.1, 0.15) is 44.0 Å². The van der Waals surface area contributed by atoms with Crippen LogP contribution in [0.15, 0.2) is 29.0 Å². The van der Waals surface area contributed by atoms with Gasteiger partial charge in [-0.15, -0.1) is 0 Å². The normalized spacial score (nSPS) is 11.7. The molecule has 0 atom stereocenters. The highest BCUT2D eigenvalue weighted by atomic mass is 16.5. The SMILES string of the molecule is CCC(CC)(CN)c1nc(Cc2ccncc2)no1. The molecule has 2 aromatic rings. The lowest BCUT2D eigenvalue weighted by atomic mass is 9.82. The van der Waals surface area contributed by atoms with Crippen molar-refractivity contribution >= 4 is 0 Å². The first-order valence-electron chi connectivity index (χ1n) is 6.66. The number of nitrogens with two attached hydrogens (primary N) is 1. The Morgan fingerprint density at radius 2 is 1.89 bits per heavy atom. The van der Waals surface area contributed by atoms with Gasteiger partial charge in [-0.2, -0.15) is 4.98 Å². The maximum absolute atomic E-state index is 5.89. The van der Waals surface area contributed by atoms with Gasteiger partial charge in [-0.1, -0.05) is 19.0 Å². The van der Waals surface area contributed by atoms with Crippen LogP contribution in [-0.2, 0) is 11.8 Å². The Hall–Kier alpha value is -1.75. The molecule has 102 valence electrons. The minimum absolute atomic E-state index is 0.191. The van der Waals surface area contributed by atoms with Gasteiger partial charge in [0.05, 0.1) is 5.41 Å². The van der Waals surface area contributed by atoms with E-state index in [9.17, 15) is 0 Å². The lowest BCUT2D eigenvalue weighted by molar-refractivity contribution is 0.266. The first-order valence-corrected chi connectivity index (χ1v) is 6.66. The summed E-state index contributed by atoms with van der Waals surface area (Å²) in [6.45, 7) is 4.73. The third-order valence-electron chi connectivity index (χ3n) is 3.78. The largest absolute Gasteiger partial charge is 0.339 e. The van der Waals surface area contributed by atoms with Gasteiger partial charge in [-0.05, 0) is 30.5 Å². The molecule has 19 heavy (non-hydrogen) atoms. The maximum atomic E-state index is 5.89. The van der Waals surface area contributed by atoms with Gasteiger partial charge in [0.25, 0.3) is 0 Å². The van der Waals surface area contributed by atoms with Crippen LogP contribution in [0.2, 0.25) is 0 Å². The minimum atomic E-state index is -0.191. The summed E-state index contributed by atoms with van der Waals surface area (Å²) >= 11 is 0. The van der Waals surface area contributed by atoms with Crippen LogP contribution in [0, 0.1) is 0 Å². The monoisotopic (exact) mass is 260 g/mol. The minimum Gasteiger partial charge on any atom is -0.339 e. The van der Waals surface area contributed by atoms with E-state index in [1.165, 1.54) is 0 Å². The third-order valence-corrected chi connectivity index (χ3v) is 3.78. The molecular formula is C14H20N4O. The van der Waals surface area contributed by atoms with Crippen molar-refractivity contribution in [1.82, 2.24) is 15.1 Å². The smallest absolute Gasteiger partial charge is 0.234 e. The van der Waals surface area contributed by atoms with Crippen LogP contribution < -0.4 is 5.73 Å². The molecule has 0 unspecified atom stereocenters. The first-order chi connectivity index (χ1) is 9.24. The second-order valence-electron chi connectivity index (χ2n) is 4.74. The summed E-state index contributed by atoms with van der Waals surface area (Å²) < 4.78 is 5.42. The molecular weight excluding hydrogens is 240 g/mol. The van der Waals surface area contributed by atoms with Crippen molar-refractivity contribution in [2.75, 3.05) is 6.54 Å². The highest BCUT2D eigenvalue weighted by molar-refractivity contribution is 5.15. The summed E-state index contributed by atoms with van der Waals surface area (Å²) in [6.07, 6.45) is 5.98. The number of rotatable bonds is 6. The fourth-order valence-electron chi connectivity index (χ4n) is 2.15. The predicted octanol–water partition coefficient (Wildman–Crippen LogP) is 2.07. The van der Waals surface area contributed by atoms with E-state index in [2.05, 4.69) is 29.0 Å². The predicted molar refractivity (Wildman–Crippen MR) is 72.7 cm³/mol.